The summed E-state index contributed by atoms with van der Waals surface area (Å²) < 4.78 is 10.1. The summed E-state index contributed by atoms with van der Waals surface area (Å²) in [4.78, 5) is 15.6. The molecule has 1 fully saturated rings. The molecule has 2 rings (SSSR count). The van der Waals surface area contributed by atoms with Crippen LogP contribution in [0.3, 0.4) is 0 Å². The van der Waals surface area contributed by atoms with Crippen LogP contribution in [-0.2, 0) is 4.74 Å². The lowest BCUT2D eigenvalue weighted by Gasteiger charge is -2.22. The highest BCUT2D eigenvalue weighted by atomic mass is 16.6. The van der Waals surface area contributed by atoms with Crippen molar-refractivity contribution in [1.82, 2.24) is 15.5 Å². The number of carbonyl (C=O) groups excluding carboxylic acids is 1. The van der Waals surface area contributed by atoms with Crippen LogP contribution in [0.5, 0.6) is 0 Å². The van der Waals surface area contributed by atoms with E-state index >= 15 is 0 Å². The fraction of sp³-hybridized carbons (Fsp3) is 0.700. The second-order valence-electron chi connectivity index (χ2n) is 4.81. The number of aromatic nitrogens is 2. The number of nitrogens with zero attached hydrogens (tertiary/aromatic N) is 2. The highest BCUT2D eigenvalue weighted by Gasteiger charge is 2.28. The third-order valence-corrected chi connectivity index (χ3v) is 2.15. The second-order valence-corrected chi connectivity index (χ2v) is 4.81. The molecule has 0 radical (unpaired) electrons. The van der Waals surface area contributed by atoms with Crippen molar-refractivity contribution in [3.8, 4) is 0 Å². The van der Waals surface area contributed by atoms with Gasteiger partial charge in [0, 0.05) is 13.1 Å². The van der Waals surface area contributed by atoms with Gasteiger partial charge in [-0.3, -0.25) is 0 Å². The molecule has 16 heavy (non-hydrogen) atoms. The Hall–Kier alpha value is -1.43. The van der Waals surface area contributed by atoms with Gasteiger partial charge in [0.25, 0.3) is 5.82 Å². The molecule has 2 heterocycles. The molecule has 1 aliphatic heterocycles. The van der Waals surface area contributed by atoms with E-state index in [1.807, 2.05) is 0 Å². The molecule has 1 N–H and O–H groups in total. The predicted molar refractivity (Wildman–Crippen MR) is 55.1 cm³/mol. The quantitative estimate of drug-likeness (QED) is 0.747. The Morgan fingerprint density at radius 3 is 2.69 bits per heavy atom. The fourth-order valence-corrected chi connectivity index (χ4v) is 1.27. The molecule has 0 bridgehead atoms. The van der Waals surface area contributed by atoms with Gasteiger partial charge in [0.2, 0.25) is 5.89 Å². The molecule has 88 valence electrons. The van der Waals surface area contributed by atoms with Crippen LogP contribution < -0.4 is 5.32 Å². The molecular formula is C10H15N3O3. The maximum atomic E-state index is 11.6. The van der Waals surface area contributed by atoms with Crippen molar-refractivity contribution in [3.63, 3.8) is 0 Å². The van der Waals surface area contributed by atoms with Crippen LogP contribution in [0, 0.1) is 0 Å². The van der Waals surface area contributed by atoms with Crippen molar-refractivity contribution in [2.75, 3.05) is 13.1 Å². The predicted octanol–water partition coefficient (Wildman–Crippen LogP) is 0.712. The van der Waals surface area contributed by atoms with Crippen molar-refractivity contribution in [2.24, 2.45) is 0 Å². The molecule has 0 aliphatic carbocycles. The monoisotopic (exact) mass is 225 g/mol. The molecule has 6 heteroatoms. The van der Waals surface area contributed by atoms with Gasteiger partial charge in [-0.1, -0.05) is 0 Å². The van der Waals surface area contributed by atoms with Crippen molar-refractivity contribution in [1.29, 1.82) is 0 Å². The summed E-state index contributed by atoms with van der Waals surface area (Å²) in [6.07, 6.45) is 0. The summed E-state index contributed by atoms with van der Waals surface area (Å²) in [5, 5.41) is 6.71. The second kappa shape index (κ2) is 3.86. The molecule has 1 aromatic rings. The Kier molecular flexibility index (Phi) is 2.67. The van der Waals surface area contributed by atoms with Gasteiger partial charge >= 0.3 is 5.97 Å². The van der Waals surface area contributed by atoms with E-state index in [2.05, 4.69) is 15.5 Å². The van der Waals surface area contributed by atoms with Gasteiger partial charge in [-0.05, 0) is 25.9 Å². The Labute approximate surface area is 93.4 Å². The van der Waals surface area contributed by atoms with Crippen LogP contribution in [-0.4, -0.2) is 34.8 Å². The van der Waals surface area contributed by atoms with Crippen LogP contribution in [0.25, 0.3) is 0 Å². The lowest BCUT2D eigenvalue weighted by Crippen LogP contribution is -2.40. The largest absolute Gasteiger partial charge is 0.454 e. The third-order valence-electron chi connectivity index (χ3n) is 2.15. The first-order valence-corrected chi connectivity index (χ1v) is 5.23. The molecule has 0 aromatic carbocycles. The lowest BCUT2D eigenvalue weighted by molar-refractivity contribution is 0.00528. The van der Waals surface area contributed by atoms with Gasteiger partial charge in [0.15, 0.2) is 0 Å². The number of esters is 1. The van der Waals surface area contributed by atoms with Crippen molar-refractivity contribution < 1.29 is 14.1 Å². The summed E-state index contributed by atoms with van der Waals surface area (Å²) in [5.41, 5.74) is -0.546. The third kappa shape index (κ3) is 2.38. The topological polar surface area (TPSA) is 77.2 Å². The summed E-state index contributed by atoms with van der Waals surface area (Å²) in [5.74, 6) is 0.176. The summed E-state index contributed by atoms with van der Waals surface area (Å²) in [7, 11) is 0. The number of hydrogen-bond acceptors (Lipinski definition) is 6. The Bertz CT molecular complexity index is 390. The Balaban J connectivity index is 2.03. The van der Waals surface area contributed by atoms with Gasteiger partial charge in [0.05, 0.1) is 5.92 Å². The zero-order valence-electron chi connectivity index (χ0n) is 9.61. The zero-order valence-corrected chi connectivity index (χ0v) is 9.61. The van der Waals surface area contributed by atoms with Crippen molar-refractivity contribution in [2.45, 2.75) is 32.3 Å². The van der Waals surface area contributed by atoms with E-state index in [0.29, 0.717) is 5.89 Å². The molecular weight excluding hydrogens is 210 g/mol. The van der Waals surface area contributed by atoms with Gasteiger partial charge in [-0.15, -0.1) is 0 Å². The molecule has 0 unspecified atom stereocenters. The van der Waals surface area contributed by atoms with Crippen LogP contribution in [0.4, 0.5) is 0 Å². The maximum absolute atomic E-state index is 11.6. The first-order chi connectivity index (χ1) is 7.46. The van der Waals surface area contributed by atoms with Gasteiger partial charge < -0.3 is 14.6 Å². The maximum Gasteiger partial charge on any atom is 0.380 e. The highest BCUT2D eigenvalue weighted by Crippen LogP contribution is 2.18. The number of ether oxygens (including phenoxy) is 1. The van der Waals surface area contributed by atoms with Crippen molar-refractivity contribution >= 4 is 5.97 Å². The van der Waals surface area contributed by atoms with Gasteiger partial charge in [-0.2, -0.15) is 4.98 Å². The zero-order chi connectivity index (χ0) is 11.8. The first kappa shape index (κ1) is 11.1. The first-order valence-electron chi connectivity index (χ1n) is 5.23. The van der Waals surface area contributed by atoms with Crippen LogP contribution >= 0.6 is 0 Å². The summed E-state index contributed by atoms with van der Waals surface area (Å²) in [6.45, 7) is 7.01. The van der Waals surface area contributed by atoms with E-state index in [0.717, 1.165) is 13.1 Å². The number of carbonyl (C=O) groups is 1. The SMILES string of the molecule is CC(C)(C)OC(=O)c1noc(C2CNC2)n1. The van der Waals surface area contributed by atoms with E-state index < -0.39 is 11.6 Å². The Morgan fingerprint density at radius 2 is 2.19 bits per heavy atom. The summed E-state index contributed by atoms with van der Waals surface area (Å²) in [6, 6.07) is 0. The van der Waals surface area contributed by atoms with Crippen LogP contribution in [0.1, 0.15) is 43.2 Å². The molecule has 1 saturated heterocycles. The van der Waals surface area contributed by atoms with E-state index in [1.165, 1.54) is 0 Å². The van der Waals surface area contributed by atoms with Crippen LogP contribution in [0.15, 0.2) is 4.52 Å². The van der Waals surface area contributed by atoms with Crippen molar-refractivity contribution in [3.05, 3.63) is 11.7 Å². The smallest absolute Gasteiger partial charge is 0.380 e. The van der Waals surface area contributed by atoms with Crippen LogP contribution in [0.2, 0.25) is 0 Å². The molecule has 1 aliphatic rings. The Morgan fingerprint density at radius 1 is 1.50 bits per heavy atom. The van der Waals surface area contributed by atoms with E-state index in [-0.39, 0.29) is 11.7 Å². The molecule has 1 aromatic heterocycles. The molecule has 0 saturated carbocycles. The minimum absolute atomic E-state index is 0.00294. The molecule has 0 atom stereocenters. The van der Waals surface area contributed by atoms with Gasteiger partial charge in [-0.25, -0.2) is 4.79 Å². The van der Waals surface area contributed by atoms with Gasteiger partial charge in [0.1, 0.15) is 5.60 Å². The fourth-order valence-electron chi connectivity index (χ4n) is 1.27. The van der Waals surface area contributed by atoms with E-state index in [1.54, 1.807) is 20.8 Å². The average Bonchev–Trinajstić information content (AvgIpc) is 2.46. The van der Waals surface area contributed by atoms with E-state index in [4.69, 9.17) is 9.26 Å². The van der Waals surface area contributed by atoms with E-state index in [9.17, 15) is 4.79 Å². The number of hydrogen-bond donors (Lipinski definition) is 1. The lowest BCUT2D eigenvalue weighted by atomic mass is 10.0. The normalized spacial score (nSPS) is 16.9. The number of nitrogens with one attached hydrogen (secondary N) is 1. The molecule has 0 spiro atoms. The highest BCUT2D eigenvalue weighted by molar-refractivity contribution is 5.85. The standard InChI is InChI=1S/C10H15N3O3/c1-10(2,3)15-9(14)7-12-8(16-13-7)6-4-11-5-6/h6,11H,4-5H2,1-3H3. The molecule has 6 nitrogen and oxygen atoms in total. The minimum Gasteiger partial charge on any atom is -0.454 e. The average molecular weight is 225 g/mol. The molecule has 0 amide bonds. The number of rotatable bonds is 2. The summed E-state index contributed by atoms with van der Waals surface area (Å²) >= 11 is 0. The minimum atomic E-state index is -0.546.